The Morgan fingerprint density at radius 2 is 1.66 bits per heavy atom. The summed E-state index contributed by atoms with van der Waals surface area (Å²) in [6, 6.07) is 14.5. The number of aryl methyl sites for hydroxylation is 1. The number of benzene rings is 3. The fourth-order valence-corrected chi connectivity index (χ4v) is 6.67. The molecule has 0 N–H and O–H groups in total. The number of rotatable bonds is 8. The highest BCUT2D eigenvalue weighted by molar-refractivity contribution is 5.93. The fourth-order valence-electron chi connectivity index (χ4n) is 6.67. The van der Waals surface area contributed by atoms with E-state index in [1.165, 1.54) is 14.2 Å². The number of allylic oxidation sites excluding steroid dienone is 1. The minimum absolute atomic E-state index is 0.0365. The smallest absolute Gasteiger partial charge is 0.416 e. The van der Waals surface area contributed by atoms with E-state index < -0.39 is 35.9 Å². The summed E-state index contributed by atoms with van der Waals surface area (Å²) in [7, 11) is 4.42. The van der Waals surface area contributed by atoms with Crippen LogP contribution in [-0.4, -0.2) is 50.9 Å². The third-order valence-electron chi connectivity index (χ3n) is 9.14. The molecule has 3 aromatic rings. The number of alkyl halides is 3. The molecular formula is C37H40F3NO6. The third-order valence-corrected chi connectivity index (χ3v) is 9.14. The van der Waals surface area contributed by atoms with Gasteiger partial charge in [0.05, 0.1) is 32.9 Å². The first-order valence-electron chi connectivity index (χ1n) is 15.5. The highest BCUT2D eigenvalue weighted by atomic mass is 19.4. The maximum absolute atomic E-state index is 13.6. The van der Waals surface area contributed by atoms with E-state index in [1.807, 2.05) is 31.2 Å². The Morgan fingerprint density at radius 3 is 2.32 bits per heavy atom. The zero-order chi connectivity index (χ0) is 34.3. The van der Waals surface area contributed by atoms with E-state index in [0.29, 0.717) is 34.6 Å². The molecule has 47 heavy (non-hydrogen) atoms. The Labute approximate surface area is 273 Å². The quantitative estimate of drug-likeness (QED) is 0.226. The number of esters is 1. The number of hydrogen-bond donors (Lipinski definition) is 0. The Kier molecular flexibility index (Phi) is 9.35. The van der Waals surface area contributed by atoms with Gasteiger partial charge in [-0.1, -0.05) is 37.6 Å². The Hall–Kier alpha value is -4.47. The summed E-state index contributed by atoms with van der Waals surface area (Å²) >= 11 is 0. The van der Waals surface area contributed by atoms with Gasteiger partial charge in [0.15, 0.2) is 0 Å². The first-order chi connectivity index (χ1) is 22.1. The van der Waals surface area contributed by atoms with Crippen LogP contribution in [0.15, 0.2) is 60.2 Å². The third kappa shape index (κ3) is 6.96. The highest BCUT2D eigenvalue weighted by Gasteiger charge is 2.42. The number of cyclic esters (lactones) is 1. The van der Waals surface area contributed by atoms with E-state index in [1.54, 1.807) is 37.1 Å². The summed E-state index contributed by atoms with van der Waals surface area (Å²) in [4.78, 5) is 27.2. The lowest BCUT2D eigenvalue weighted by atomic mass is 9.72. The zero-order valence-corrected chi connectivity index (χ0v) is 27.7. The van der Waals surface area contributed by atoms with Crippen molar-refractivity contribution in [2.24, 2.45) is 5.41 Å². The van der Waals surface area contributed by atoms with Crippen LogP contribution in [0.2, 0.25) is 0 Å². The molecule has 1 fully saturated rings. The van der Waals surface area contributed by atoms with E-state index in [0.717, 1.165) is 52.8 Å². The van der Waals surface area contributed by atoms with E-state index in [2.05, 4.69) is 13.8 Å². The average molecular weight is 652 g/mol. The molecule has 0 spiro atoms. The lowest BCUT2D eigenvalue weighted by Crippen LogP contribution is -2.35. The molecule has 1 aliphatic heterocycles. The molecule has 1 aliphatic carbocycles. The molecule has 1 amide bonds. The van der Waals surface area contributed by atoms with Crippen molar-refractivity contribution in [3.63, 3.8) is 0 Å². The summed E-state index contributed by atoms with van der Waals surface area (Å²) in [5, 5.41) is 0. The molecule has 2 aliphatic rings. The predicted octanol–water partition coefficient (Wildman–Crippen LogP) is 9.03. The minimum atomic E-state index is -4.51. The number of nitrogens with zero attached hydrogens (tertiary/aromatic N) is 1. The molecule has 3 aromatic carbocycles. The molecule has 1 saturated heterocycles. The number of ether oxygens (including phenoxy) is 4. The van der Waals surface area contributed by atoms with Gasteiger partial charge in [-0.25, -0.2) is 9.59 Å². The van der Waals surface area contributed by atoms with Gasteiger partial charge in [0, 0.05) is 12.1 Å². The molecule has 250 valence electrons. The first-order valence-corrected chi connectivity index (χ1v) is 15.5. The highest BCUT2D eigenvalue weighted by Crippen LogP contribution is 2.47. The second-order valence-electron chi connectivity index (χ2n) is 13.0. The normalized spacial score (nSPS) is 19.4. The van der Waals surface area contributed by atoms with Crippen molar-refractivity contribution < 1.29 is 41.7 Å². The maximum Gasteiger partial charge on any atom is 0.416 e. The molecule has 5 rings (SSSR count). The monoisotopic (exact) mass is 651 g/mol. The standard InChI is InChI=1S/C37H40F3NO6/c1-21-14-25(16-27(15-21)37(38,39)40)33-22(2)41(35(43)47-33)20-26-19-36(3,4)13-12-28(26)30-17-23(9-11-31(30)44-5)24-8-10-29(34(42)46-7)32(18-24)45-6/h8-11,14-18,22,33H,12-13,19-20H2,1-7H3/t22-,33-/m0/s1. The minimum Gasteiger partial charge on any atom is -0.496 e. The summed E-state index contributed by atoms with van der Waals surface area (Å²) in [5.74, 6) is 0.565. The molecule has 2 atom stereocenters. The molecule has 0 radical (unpaired) electrons. The van der Waals surface area contributed by atoms with Crippen molar-refractivity contribution in [2.45, 2.75) is 65.3 Å². The van der Waals surface area contributed by atoms with Gasteiger partial charge >= 0.3 is 18.2 Å². The van der Waals surface area contributed by atoms with Crippen molar-refractivity contribution in [3.8, 4) is 22.6 Å². The number of amides is 1. The van der Waals surface area contributed by atoms with Crippen molar-refractivity contribution in [1.29, 1.82) is 0 Å². The molecular weight excluding hydrogens is 611 g/mol. The van der Waals surface area contributed by atoms with Crippen LogP contribution in [-0.2, 0) is 15.7 Å². The lowest BCUT2D eigenvalue weighted by molar-refractivity contribution is -0.137. The Morgan fingerprint density at radius 1 is 0.979 bits per heavy atom. The van der Waals surface area contributed by atoms with Crippen LogP contribution < -0.4 is 9.47 Å². The molecule has 0 unspecified atom stereocenters. The van der Waals surface area contributed by atoms with Crippen molar-refractivity contribution >= 4 is 17.6 Å². The van der Waals surface area contributed by atoms with Gasteiger partial charge in [-0.15, -0.1) is 0 Å². The SMILES string of the molecule is COC(=O)c1ccc(-c2ccc(OC)c(C3=C(CN4C(=O)O[C@H](c5cc(C)cc(C(F)(F)F)c5)[C@@H]4C)CC(C)(C)CC3)c2)cc1OC. The molecule has 1 heterocycles. The van der Waals surface area contributed by atoms with Gasteiger partial charge in [-0.2, -0.15) is 13.2 Å². The predicted molar refractivity (Wildman–Crippen MR) is 172 cm³/mol. The Balaban J connectivity index is 1.53. The maximum atomic E-state index is 13.6. The number of methoxy groups -OCH3 is 3. The topological polar surface area (TPSA) is 74.3 Å². The molecule has 7 nitrogen and oxygen atoms in total. The van der Waals surface area contributed by atoms with Crippen LogP contribution in [0.1, 0.15) is 78.7 Å². The first kappa shape index (κ1) is 33.9. The van der Waals surface area contributed by atoms with Gasteiger partial charge in [-0.3, -0.25) is 4.90 Å². The van der Waals surface area contributed by atoms with E-state index >= 15 is 0 Å². The summed E-state index contributed by atoms with van der Waals surface area (Å²) in [6.45, 7) is 8.05. The van der Waals surface area contributed by atoms with Gasteiger partial charge in [0.25, 0.3) is 0 Å². The summed E-state index contributed by atoms with van der Waals surface area (Å²) < 4.78 is 62.8. The van der Waals surface area contributed by atoms with E-state index in [-0.39, 0.29) is 12.0 Å². The largest absolute Gasteiger partial charge is 0.496 e. The number of carbonyl (C=O) groups excluding carboxylic acids is 2. The van der Waals surface area contributed by atoms with Crippen LogP contribution in [0.25, 0.3) is 16.7 Å². The van der Waals surface area contributed by atoms with Gasteiger partial charge in [-0.05, 0) is 103 Å². The van der Waals surface area contributed by atoms with Crippen LogP contribution in [0.4, 0.5) is 18.0 Å². The molecule has 0 aromatic heterocycles. The summed E-state index contributed by atoms with van der Waals surface area (Å²) in [5.41, 5.74) is 4.97. The van der Waals surface area contributed by atoms with E-state index in [9.17, 15) is 22.8 Å². The van der Waals surface area contributed by atoms with Crippen molar-refractivity contribution in [1.82, 2.24) is 4.90 Å². The van der Waals surface area contributed by atoms with Crippen LogP contribution in [0, 0.1) is 12.3 Å². The lowest BCUT2D eigenvalue weighted by Gasteiger charge is -2.36. The van der Waals surface area contributed by atoms with Gasteiger partial charge < -0.3 is 18.9 Å². The average Bonchev–Trinajstić information content (AvgIpc) is 3.31. The van der Waals surface area contributed by atoms with Crippen LogP contribution >= 0.6 is 0 Å². The second-order valence-corrected chi connectivity index (χ2v) is 13.0. The van der Waals surface area contributed by atoms with Crippen LogP contribution in [0.5, 0.6) is 11.5 Å². The zero-order valence-electron chi connectivity index (χ0n) is 27.7. The number of carbonyl (C=O) groups is 2. The summed E-state index contributed by atoms with van der Waals surface area (Å²) in [6.07, 6.45) is -3.56. The Bertz CT molecular complexity index is 1730. The van der Waals surface area contributed by atoms with Crippen LogP contribution in [0.3, 0.4) is 0 Å². The van der Waals surface area contributed by atoms with E-state index in [4.69, 9.17) is 18.9 Å². The molecule has 0 bridgehead atoms. The second kappa shape index (κ2) is 13.0. The van der Waals surface area contributed by atoms with Gasteiger partial charge in [0.1, 0.15) is 23.2 Å². The fraction of sp³-hybridized carbons (Fsp3) is 0.405. The number of halogens is 3. The van der Waals surface area contributed by atoms with Crippen molar-refractivity contribution in [2.75, 3.05) is 27.9 Å². The molecule has 10 heteroatoms. The van der Waals surface area contributed by atoms with Crippen molar-refractivity contribution in [3.05, 3.63) is 88.0 Å². The molecule has 0 saturated carbocycles. The number of hydrogen-bond acceptors (Lipinski definition) is 6. The van der Waals surface area contributed by atoms with Gasteiger partial charge in [0.2, 0.25) is 0 Å².